The summed E-state index contributed by atoms with van der Waals surface area (Å²) in [5.74, 6) is -1.70. The van der Waals surface area contributed by atoms with Crippen molar-refractivity contribution in [2.45, 2.75) is 92.5 Å². The molecule has 13 heteroatoms. The minimum Gasteiger partial charge on any atom is -0.508 e. The standard InChI is InChI=1S/C53H63N5O7S/c1-8-44(37-12-10-9-11-13-37)46(38-18-22-41(59)23-19-38)39-20-24-43(25-21-39)65-27-26-54-49(61)33(2)28-34(3)50(62)57-48(53(5,6)7)52(64)58-31-42(60)29-45(58)51(63)55-30-36-14-16-40(17-15-36)47-35(4)56-32-66-47/h9-25,32-34,42,45,48,59-60H,8,26-31H2,1-7H3,(H,54,61)(H,55,63)(H,57,62)/b46-44-/t33?,34?,42-,45+,48-/m1/s1. The first-order valence-corrected chi connectivity index (χ1v) is 23.6. The molecule has 1 saturated heterocycles. The molecule has 5 atom stereocenters. The number of phenols is 1. The Labute approximate surface area is 392 Å². The van der Waals surface area contributed by atoms with Crippen molar-refractivity contribution in [3.63, 3.8) is 0 Å². The molecule has 2 unspecified atom stereocenters. The number of nitrogens with zero attached hydrogens (tertiary/aromatic N) is 2. The molecule has 6 rings (SSSR count). The third-order valence-electron chi connectivity index (χ3n) is 12.0. The minimum absolute atomic E-state index is 0.0299. The lowest BCUT2D eigenvalue weighted by molar-refractivity contribution is -0.144. The van der Waals surface area contributed by atoms with Gasteiger partial charge in [0.15, 0.2) is 0 Å². The molecule has 66 heavy (non-hydrogen) atoms. The maximum absolute atomic E-state index is 14.2. The molecular formula is C53H63N5O7S. The lowest BCUT2D eigenvalue weighted by Gasteiger charge is -2.36. The number of phenolic OH excluding ortho intramolecular Hbond substituents is 1. The summed E-state index contributed by atoms with van der Waals surface area (Å²) in [5.41, 5.74) is 9.34. The van der Waals surface area contributed by atoms with Crippen LogP contribution in [0, 0.1) is 24.2 Å². The fraction of sp³-hybridized carbons (Fsp3) is 0.377. The van der Waals surface area contributed by atoms with E-state index in [-0.39, 0.29) is 62.6 Å². The van der Waals surface area contributed by atoms with Crippen LogP contribution in [0.25, 0.3) is 21.6 Å². The normalized spacial score (nSPS) is 16.7. The number of β-amino-alcohol motifs (C(OH)–C–C–N with tert-alkyl or cyclic N) is 1. The Hall–Kier alpha value is -6.31. The van der Waals surface area contributed by atoms with Gasteiger partial charge in [-0.05, 0) is 88.4 Å². The van der Waals surface area contributed by atoms with Gasteiger partial charge in [-0.2, -0.15) is 0 Å². The van der Waals surface area contributed by atoms with Crippen LogP contribution in [-0.4, -0.2) is 81.6 Å². The maximum Gasteiger partial charge on any atom is 0.246 e. The van der Waals surface area contributed by atoms with Crippen molar-refractivity contribution in [3.05, 3.63) is 137 Å². The number of thiazole rings is 1. The second-order valence-electron chi connectivity index (χ2n) is 18.2. The van der Waals surface area contributed by atoms with Gasteiger partial charge in [-0.15, -0.1) is 11.3 Å². The number of rotatable bonds is 18. The summed E-state index contributed by atoms with van der Waals surface area (Å²) in [6.45, 7) is 13.8. The van der Waals surface area contributed by atoms with Crippen LogP contribution in [0.15, 0.2) is 109 Å². The van der Waals surface area contributed by atoms with E-state index in [2.05, 4.69) is 40.0 Å². The number of aromatic nitrogens is 1. The summed E-state index contributed by atoms with van der Waals surface area (Å²) in [6, 6.07) is 31.3. The highest BCUT2D eigenvalue weighted by molar-refractivity contribution is 7.13. The third-order valence-corrected chi connectivity index (χ3v) is 13.0. The van der Waals surface area contributed by atoms with Gasteiger partial charge >= 0.3 is 0 Å². The molecule has 5 aromatic rings. The molecule has 1 aliphatic heterocycles. The van der Waals surface area contributed by atoms with Crippen molar-refractivity contribution in [1.29, 1.82) is 0 Å². The third kappa shape index (κ3) is 12.5. The SMILES string of the molecule is CC/C(=C(\c1ccc(O)cc1)c1ccc(OCCNC(=O)C(C)CC(C)C(=O)N[C@H](C(=O)N2C[C@H](O)C[C@H]2C(=O)NCc2ccc(-c3scnc3C)cc2)C(C)(C)C)cc1)c1ccccc1. The van der Waals surface area contributed by atoms with Crippen LogP contribution in [0.1, 0.15) is 88.8 Å². The molecule has 348 valence electrons. The van der Waals surface area contributed by atoms with E-state index in [1.54, 1.807) is 37.3 Å². The first kappa shape index (κ1) is 49.1. The topological polar surface area (TPSA) is 170 Å². The molecule has 1 fully saturated rings. The Morgan fingerprint density at radius 1 is 0.848 bits per heavy atom. The van der Waals surface area contributed by atoms with Crippen LogP contribution in [0.4, 0.5) is 0 Å². The van der Waals surface area contributed by atoms with Gasteiger partial charge < -0.3 is 35.8 Å². The number of carbonyl (C=O) groups excluding carboxylic acids is 4. The van der Waals surface area contributed by atoms with Crippen LogP contribution in [0.5, 0.6) is 11.5 Å². The highest BCUT2D eigenvalue weighted by Gasteiger charge is 2.45. The number of nitrogens with one attached hydrogen (secondary N) is 3. The number of hydrogen-bond acceptors (Lipinski definition) is 9. The average molecular weight is 914 g/mol. The minimum atomic E-state index is -0.987. The Morgan fingerprint density at radius 2 is 1.48 bits per heavy atom. The van der Waals surface area contributed by atoms with Crippen molar-refractivity contribution < 1.29 is 34.1 Å². The molecule has 1 aromatic heterocycles. The highest BCUT2D eigenvalue weighted by Crippen LogP contribution is 2.36. The molecule has 4 amide bonds. The van der Waals surface area contributed by atoms with E-state index in [0.717, 1.165) is 50.4 Å². The molecule has 1 aliphatic rings. The number of ether oxygens (including phenoxy) is 1. The van der Waals surface area contributed by atoms with Gasteiger partial charge in [-0.1, -0.05) is 120 Å². The van der Waals surface area contributed by atoms with E-state index < -0.39 is 41.3 Å². The summed E-state index contributed by atoms with van der Waals surface area (Å²) in [5, 5.41) is 29.4. The van der Waals surface area contributed by atoms with Gasteiger partial charge in [-0.25, -0.2) is 4.98 Å². The van der Waals surface area contributed by atoms with Crippen molar-refractivity contribution in [1.82, 2.24) is 25.8 Å². The Kier molecular flexibility index (Phi) is 16.6. The molecule has 0 aliphatic carbocycles. The predicted octanol–water partition coefficient (Wildman–Crippen LogP) is 8.16. The van der Waals surface area contributed by atoms with Gasteiger partial charge in [0.25, 0.3) is 0 Å². The summed E-state index contributed by atoms with van der Waals surface area (Å²) < 4.78 is 6.00. The van der Waals surface area contributed by atoms with E-state index >= 15 is 0 Å². The van der Waals surface area contributed by atoms with E-state index in [1.807, 2.05) is 112 Å². The molecule has 5 N–H and O–H groups in total. The van der Waals surface area contributed by atoms with Gasteiger partial charge in [0.1, 0.15) is 30.2 Å². The van der Waals surface area contributed by atoms with Crippen molar-refractivity contribution in [3.8, 4) is 21.9 Å². The van der Waals surface area contributed by atoms with Crippen molar-refractivity contribution in [2.75, 3.05) is 19.7 Å². The van der Waals surface area contributed by atoms with E-state index in [1.165, 1.54) is 10.5 Å². The van der Waals surface area contributed by atoms with Crippen molar-refractivity contribution >= 4 is 46.1 Å². The lowest BCUT2D eigenvalue weighted by atomic mass is 9.84. The first-order valence-electron chi connectivity index (χ1n) is 22.7. The highest BCUT2D eigenvalue weighted by atomic mass is 32.1. The van der Waals surface area contributed by atoms with Crippen molar-refractivity contribution in [2.24, 2.45) is 17.3 Å². The van der Waals surface area contributed by atoms with Crippen LogP contribution in [0.2, 0.25) is 0 Å². The smallest absolute Gasteiger partial charge is 0.246 e. The monoisotopic (exact) mass is 913 g/mol. The van der Waals surface area contributed by atoms with Gasteiger partial charge in [0, 0.05) is 31.3 Å². The maximum atomic E-state index is 14.2. The Bertz CT molecular complexity index is 2460. The van der Waals surface area contributed by atoms with Crippen LogP contribution < -0.4 is 20.7 Å². The zero-order valence-electron chi connectivity index (χ0n) is 39.0. The number of hydrogen-bond donors (Lipinski definition) is 5. The second kappa shape index (κ2) is 22.3. The van der Waals surface area contributed by atoms with Crippen LogP contribution in [-0.2, 0) is 25.7 Å². The van der Waals surface area contributed by atoms with E-state index in [4.69, 9.17) is 4.74 Å². The predicted molar refractivity (Wildman–Crippen MR) is 260 cm³/mol. The van der Waals surface area contributed by atoms with E-state index in [0.29, 0.717) is 5.75 Å². The number of benzene rings is 4. The second-order valence-corrected chi connectivity index (χ2v) is 19.1. The number of aliphatic hydroxyl groups excluding tert-OH is 1. The van der Waals surface area contributed by atoms with Crippen LogP contribution >= 0.6 is 11.3 Å². The van der Waals surface area contributed by atoms with Gasteiger partial charge in [0.2, 0.25) is 23.6 Å². The molecule has 0 bridgehead atoms. The zero-order chi connectivity index (χ0) is 47.5. The fourth-order valence-corrected chi connectivity index (χ4v) is 9.16. The Balaban J connectivity index is 0.988. The number of likely N-dealkylation sites (tertiary alicyclic amines) is 1. The molecule has 0 saturated carbocycles. The number of aromatic hydroxyl groups is 1. The quantitative estimate of drug-likeness (QED) is 0.0433. The van der Waals surface area contributed by atoms with Gasteiger partial charge in [0.05, 0.1) is 28.7 Å². The lowest BCUT2D eigenvalue weighted by Crippen LogP contribution is -2.58. The summed E-state index contributed by atoms with van der Waals surface area (Å²) in [7, 11) is 0. The largest absolute Gasteiger partial charge is 0.508 e. The number of carbonyl (C=O) groups is 4. The number of amides is 4. The number of aliphatic hydroxyl groups is 1. The summed E-state index contributed by atoms with van der Waals surface area (Å²) in [6.07, 6.45) is 0.237. The molecule has 2 heterocycles. The molecule has 0 radical (unpaired) electrons. The molecule has 0 spiro atoms. The molecular weight excluding hydrogens is 851 g/mol. The summed E-state index contributed by atoms with van der Waals surface area (Å²) >= 11 is 1.57. The van der Waals surface area contributed by atoms with Crippen LogP contribution in [0.3, 0.4) is 0 Å². The summed E-state index contributed by atoms with van der Waals surface area (Å²) in [4.78, 5) is 61.3. The molecule has 4 aromatic carbocycles. The fourth-order valence-electron chi connectivity index (χ4n) is 8.35. The Morgan fingerprint density at radius 3 is 2.09 bits per heavy atom. The number of allylic oxidation sites excluding steroid dienone is 1. The van der Waals surface area contributed by atoms with Gasteiger partial charge in [-0.3, -0.25) is 19.2 Å². The average Bonchev–Trinajstić information content (AvgIpc) is 3.93. The molecule has 12 nitrogen and oxygen atoms in total. The number of aryl methyl sites for hydroxylation is 1. The zero-order valence-corrected chi connectivity index (χ0v) is 39.8. The van der Waals surface area contributed by atoms with E-state index in [9.17, 15) is 29.4 Å². The first-order chi connectivity index (χ1) is 31.5.